The van der Waals surface area contributed by atoms with Crippen molar-refractivity contribution in [1.82, 2.24) is 0 Å². The molecule has 1 heterocycles. The summed E-state index contributed by atoms with van der Waals surface area (Å²) in [6.45, 7) is 4.40. The van der Waals surface area contributed by atoms with Crippen LogP contribution in [0.1, 0.15) is 26.7 Å². The van der Waals surface area contributed by atoms with Crippen LogP contribution < -0.4 is 0 Å². The van der Waals surface area contributed by atoms with Gasteiger partial charge in [-0.15, -0.1) is 0 Å². The van der Waals surface area contributed by atoms with Gasteiger partial charge in [0.2, 0.25) is 0 Å². The molecule has 0 aliphatic carbocycles. The van der Waals surface area contributed by atoms with E-state index < -0.39 is 6.16 Å². The Hall–Kier alpha value is -0.730. The Kier molecular flexibility index (Phi) is 1.83. The van der Waals surface area contributed by atoms with Gasteiger partial charge in [0.1, 0.15) is 12.2 Å². The van der Waals surface area contributed by atoms with Gasteiger partial charge < -0.3 is 9.47 Å². The Morgan fingerprint density at radius 2 is 2.10 bits per heavy atom. The molecule has 0 bridgehead atoms. The van der Waals surface area contributed by atoms with Gasteiger partial charge >= 0.3 is 6.16 Å². The first-order valence-corrected chi connectivity index (χ1v) is 3.58. The van der Waals surface area contributed by atoms with Crippen LogP contribution in [0.3, 0.4) is 0 Å². The van der Waals surface area contributed by atoms with Crippen molar-refractivity contribution < 1.29 is 14.3 Å². The van der Waals surface area contributed by atoms with Gasteiger partial charge in [-0.1, -0.05) is 13.8 Å². The molecule has 1 aliphatic rings. The quantitative estimate of drug-likeness (QED) is 0.553. The Balaban J connectivity index is 2.59. The number of carbonyl (C=O) groups excluding carboxylic acids is 1. The maximum absolute atomic E-state index is 10.5. The van der Waals surface area contributed by atoms with Crippen LogP contribution >= 0.6 is 0 Å². The zero-order valence-electron chi connectivity index (χ0n) is 6.35. The highest BCUT2D eigenvalue weighted by molar-refractivity contribution is 5.62. The molecule has 0 aromatic carbocycles. The van der Waals surface area contributed by atoms with Gasteiger partial charge in [-0.25, -0.2) is 4.79 Å². The van der Waals surface area contributed by atoms with Crippen molar-refractivity contribution in [2.24, 2.45) is 0 Å². The van der Waals surface area contributed by atoms with Crippen molar-refractivity contribution >= 4 is 6.16 Å². The van der Waals surface area contributed by atoms with E-state index in [2.05, 4.69) is 4.74 Å². The normalized spacial score (nSPS) is 22.0. The van der Waals surface area contributed by atoms with Crippen LogP contribution in [-0.4, -0.2) is 18.4 Å². The standard InChI is InChI=1S/C7H12O3/c1-3-7(4-2)5-9-6(8)10-7/h3-5H2,1-2H3. The average Bonchev–Trinajstić information content (AvgIpc) is 2.33. The molecule has 3 nitrogen and oxygen atoms in total. The highest BCUT2D eigenvalue weighted by Gasteiger charge is 2.38. The number of ether oxygens (including phenoxy) is 2. The highest BCUT2D eigenvalue weighted by atomic mass is 16.8. The molecule has 1 fully saturated rings. The van der Waals surface area contributed by atoms with E-state index in [0.717, 1.165) is 12.8 Å². The van der Waals surface area contributed by atoms with E-state index in [1.807, 2.05) is 13.8 Å². The number of hydrogen-bond acceptors (Lipinski definition) is 3. The Morgan fingerprint density at radius 3 is 2.30 bits per heavy atom. The van der Waals surface area contributed by atoms with Crippen LogP contribution in [0, 0.1) is 0 Å². The summed E-state index contributed by atoms with van der Waals surface area (Å²) in [4.78, 5) is 10.5. The Morgan fingerprint density at radius 1 is 1.50 bits per heavy atom. The van der Waals surface area contributed by atoms with Crippen molar-refractivity contribution in [3.05, 3.63) is 0 Å². The number of hydrogen-bond donors (Lipinski definition) is 0. The van der Waals surface area contributed by atoms with Crippen LogP contribution in [0.2, 0.25) is 0 Å². The average molecular weight is 144 g/mol. The van der Waals surface area contributed by atoms with Gasteiger partial charge in [0.25, 0.3) is 0 Å². The maximum Gasteiger partial charge on any atom is 0.509 e. The topological polar surface area (TPSA) is 35.5 Å². The summed E-state index contributed by atoms with van der Waals surface area (Å²) in [6.07, 6.45) is 1.13. The second-order valence-corrected chi connectivity index (χ2v) is 2.53. The summed E-state index contributed by atoms with van der Waals surface area (Å²) < 4.78 is 9.68. The van der Waals surface area contributed by atoms with Gasteiger partial charge in [-0.2, -0.15) is 0 Å². The molecule has 0 radical (unpaired) electrons. The smallest absolute Gasteiger partial charge is 0.430 e. The number of cyclic esters (lactones) is 2. The summed E-state index contributed by atoms with van der Waals surface area (Å²) in [5, 5.41) is 0. The molecule has 0 saturated carbocycles. The fraction of sp³-hybridized carbons (Fsp3) is 0.857. The minimum atomic E-state index is -0.524. The zero-order valence-corrected chi connectivity index (χ0v) is 6.35. The van der Waals surface area contributed by atoms with Crippen LogP contribution in [0.5, 0.6) is 0 Å². The summed E-state index contributed by atoms with van der Waals surface area (Å²) in [5.74, 6) is 0. The Labute approximate surface area is 60.3 Å². The van der Waals surface area contributed by atoms with Gasteiger partial charge in [0, 0.05) is 0 Å². The lowest BCUT2D eigenvalue weighted by molar-refractivity contribution is 0.0503. The summed E-state index contributed by atoms with van der Waals surface area (Å²) in [7, 11) is 0. The van der Waals surface area contributed by atoms with Gasteiger partial charge in [0.05, 0.1) is 0 Å². The molecule has 1 saturated heterocycles. The molecule has 0 N–H and O–H groups in total. The molecule has 0 spiro atoms. The molecule has 1 aliphatic heterocycles. The van der Waals surface area contributed by atoms with Gasteiger partial charge in [-0.3, -0.25) is 0 Å². The lowest BCUT2D eigenvalue weighted by Gasteiger charge is -2.20. The third-order valence-electron chi connectivity index (χ3n) is 2.04. The van der Waals surface area contributed by atoms with E-state index in [-0.39, 0.29) is 5.60 Å². The second kappa shape index (κ2) is 2.48. The molecule has 58 valence electrons. The number of carbonyl (C=O) groups is 1. The van der Waals surface area contributed by atoms with Crippen LogP contribution in [-0.2, 0) is 9.47 Å². The van der Waals surface area contributed by atoms with E-state index in [9.17, 15) is 4.79 Å². The predicted molar refractivity (Wildman–Crippen MR) is 35.7 cm³/mol. The molecule has 0 aromatic heterocycles. The van der Waals surface area contributed by atoms with Crippen molar-refractivity contribution in [3.63, 3.8) is 0 Å². The van der Waals surface area contributed by atoms with E-state index in [1.54, 1.807) is 0 Å². The maximum atomic E-state index is 10.5. The van der Waals surface area contributed by atoms with Gasteiger partial charge in [-0.05, 0) is 12.8 Å². The summed E-state index contributed by atoms with van der Waals surface area (Å²) >= 11 is 0. The van der Waals surface area contributed by atoms with Crippen molar-refractivity contribution in [2.45, 2.75) is 32.3 Å². The minimum absolute atomic E-state index is 0.322. The molecule has 0 unspecified atom stereocenters. The third-order valence-corrected chi connectivity index (χ3v) is 2.04. The molecule has 0 aromatic rings. The molecule has 0 amide bonds. The molecule has 10 heavy (non-hydrogen) atoms. The van der Waals surface area contributed by atoms with E-state index >= 15 is 0 Å². The second-order valence-electron chi connectivity index (χ2n) is 2.53. The van der Waals surface area contributed by atoms with E-state index in [1.165, 1.54) is 0 Å². The van der Waals surface area contributed by atoms with E-state index in [4.69, 9.17) is 4.74 Å². The summed E-state index contributed by atoms with van der Waals surface area (Å²) in [5.41, 5.74) is -0.322. The summed E-state index contributed by atoms with van der Waals surface area (Å²) in [6, 6.07) is 0. The van der Waals surface area contributed by atoms with Gasteiger partial charge in [0.15, 0.2) is 0 Å². The van der Waals surface area contributed by atoms with Crippen LogP contribution in [0.15, 0.2) is 0 Å². The minimum Gasteiger partial charge on any atom is -0.430 e. The third kappa shape index (κ3) is 1.08. The molecule has 3 heteroatoms. The number of rotatable bonds is 2. The monoisotopic (exact) mass is 144 g/mol. The molecule has 0 atom stereocenters. The molecular weight excluding hydrogens is 132 g/mol. The first-order valence-electron chi connectivity index (χ1n) is 3.58. The van der Waals surface area contributed by atoms with E-state index in [0.29, 0.717) is 6.61 Å². The first kappa shape index (κ1) is 7.38. The highest BCUT2D eigenvalue weighted by Crippen LogP contribution is 2.26. The lowest BCUT2D eigenvalue weighted by Crippen LogP contribution is -2.29. The lowest BCUT2D eigenvalue weighted by atomic mass is 9.99. The largest absolute Gasteiger partial charge is 0.509 e. The predicted octanol–water partition coefficient (Wildman–Crippen LogP) is 1.71. The zero-order chi connectivity index (χ0) is 7.61. The molecular formula is C7H12O3. The fourth-order valence-corrected chi connectivity index (χ4v) is 1.02. The Bertz CT molecular complexity index is 138. The fourth-order valence-electron chi connectivity index (χ4n) is 1.02. The van der Waals surface area contributed by atoms with Crippen molar-refractivity contribution in [1.29, 1.82) is 0 Å². The SMILES string of the molecule is CCC1(CC)COC(=O)O1. The first-order chi connectivity index (χ1) is 4.72. The molecule has 1 rings (SSSR count). The van der Waals surface area contributed by atoms with Crippen LogP contribution in [0.25, 0.3) is 0 Å². The van der Waals surface area contributed by atoms with Crippen molar-refractivity contribution in [3.8, 4) is 0 Å². The van der Waals surface area contributed by atoms with Crippen molar-refractivity contribution in [2.75, 3.05) is 6.61 Å². The van der Waals surface area contributed by atoms with Crippen LogP contribution in [0.4, 0.5) is 4.79 Å².